The summed E-state index contributed by atoms with van der Waals surface area (Å²) in [6.07, 6.45) is 2.36. The fraction of sp³-hybridized carbons (Fsp3) is 0.889. The molecule has 0 amide bonds. The lowest BCUT2D eigenvalue weighted by Crippen LogP contribution is -2.44. The normalized spacial score (nSPS) is 12.7. The van der Waals surface area contributed by atoms with Crippen LogP contribution in [0.1, 0.15) is 72.1 Å². The van der Waals surface area contributed by atoms with Gasteiger partial charge in [-0.3, -0.25) is 9.59 Å². The van der Waals surface area contributed by atoms with E-state index in [0.29, 0.717) is 6.42 Å². The quantitative estimate of drug-likeness (QED) is 0.178. The Morgan fingerprint density at radius 2 is 1.19 bits per heavy atom. The number of hydrogen-bond acceptors (Lipinski definition) is 4. The topological polar surface area (TPSA) is 52.6 Å². The maximum atomic E-state index is 12.8. The van der Waals surface area contributed by atoms with Crippen molar-refractivity contribution in [3.8, 4) is 0 Å². The molecule has 4 nitrogen and oxygen atoms in total. The number of carbonyl (C=O) groups excluding carboxylic acids is 2. The van der Waals surface area contributed by atoms with E-state index in [1.807, 2.05) is 0 Å². The molecule has 0 unspecified atom stereocenters. The number of unbranched alkanes of at least 4 members (excludes halogenated alkanes) is 7. The van der Waals surface area contributed by atoms with Crippen molar-refractivity contribution in [2.75, 3.05) is 13.2 Å². The Bertz CT molecular complexity index is 461. The molecule has 0 N–H and O–H groups in total. The predicted octanol–water partition coefficient (Wildman–Crippen LogP) is 5.44. The van der Waals surface area contributed by atoms with Gasteiger partial charge in [-0.15, -0.1) is 0 Å². The monoisotopic (exact) mass is 404 g/mol. The standard InChI is InChI=1S/C18H29F5O4/c1-4-5-6-7-8-9-10-11-12-26-14(24)16(2,3)15(25)27-13-17(19,20)18(21,22)23/h4-13H2,1-3H3. The van der Waals surface area contributed by atoms with E-state index in [9.17, 15) is 31.5 Å². The van der Waals surface area contributed by atoms with Crippen LogP contribution in [0.4, 0.5) is 22.0 Å². The molecule has 0 atom stereocenters. The van der Waals surface area contributed by atoms with Gasteiger partial charge in [0.25, 0.3) is 0 Å². The summed E-state index contributed by atoms with van der Waals surface area (Å²) in [5.74, 6) is -7.70. The van der Waals surface area contributed by atoms with Gasteiger partial charge in [0.05, 0.1) is 6.61 Å². The minimum Gasteiger partial charge on any atom is -0.465 e. The average molecular weight is 404 g/mol. The van der Waals surface area contributed by atoms with Crippen molar-refractivity contribution in [3.05, 3.63) is 0 Å². The van der Waals surface area contributed by atoms with Gasteiger partial charge in [-0.25, -0.2) is 0 Å². The Balaban J connectivity index is 4.16. The van der Waals surface area contributed by atoms with E-state index >= 15 is 0 Å². The third-order valence-electron chi connectivity index (χ3n) is 4.05. The zero-order valence-electron chi connectivity index (χ0n) is 16.1. The van der Waals surface area contributed by atoms with Crippen molar-refractivity contribution >= 4 is 11.9 Å². The number of carbonyl (C=O) groups is 2. The van der Waals surface area contributed by atoms with Crippen LogP contribution < -0.4 is 0 Å². The fourth-order valence-electron chi connectivity index (χ4n) is 2.08. The molecule has 0 aromatic heterocycles. The van der Waals surface area contributed by atoms with E-state index < -0.39 is 36.1 Å². The van der Waals surface area contributed by atoms with Gasteiger partial charge in [0.2, 0.25) is 0 Å². The van der Waals surface area contributed by atoms with Crippen molar-refractivity contribution in [3.63, 3.8) is 0 Å². The summed E-state index contributed by atoms with van der Waals surface area (Å²) in [6.45, 7) is 2.11. The molecule has 0 saturated carbocycles. The number of rotatable bonds is 13. The molecule has 9 heteroatoms. The van der Waals surface area contributed by atoms with Crippen LogP contribution in [0.25, 0.3) is 0 Å². The van der Waals surface area contributed by atoms with Crippen LogP contribution in [0, 0.1) is 5.41 Å². The summed E-state index contributed by atoms with van der Waals surface area (Å²) in [7, 11) is 0. The Kier molecular flexibility index (Phi) is 10.8. The minimum absolute atomic E-state index is 0.0449. The summed E-state index contributed by atoms with van der Waals surface area (Å²) >= 11 is 0. The second-order valence-electron chi connectivity index (χ2n) is 7.01. The maximum Gasteiger partial charge on any atom is 0.456 e. The number of hydrogen-bond donors (Lipinski definition) is 0. The van der Waals surface area contributed by atoms with Gasteiger partial charge in [-0.05, 0) is 20.3 Å². The number of ether oxygens (including phenoxy) is 2. The molecule has 160 valence electrons. The predicted molar refractivity (Wildman–Crippen MR) is 89.3 cm³/mol. The van der Waals surface area contributed by atoms with Crippen LogP contribution in [0.2, 0.25) is 0 Å². The van der Waals surface area contributed by atoms with E-state index in [1.165, 1.54) is 19.3 Å². The zero-order chi connectivity index (χ0) is 21.1. The first kappa shape index (κ1) is 25.6. The smallest absolute Gasteiger partial charge is 0.456 e. The summed E-state index contributed by atoms with van der Waals surface area (Å²) < 4.78 is 70.7. The van der Waals surface area contributed by atoms with E-state index in [-0.39, 0.29) is 6.61 Å². The third kappa shape index (κ3) is 9.37. The van der Waals surface area contributed by atoms with Crippen LogP contribution in [-0.4, -0.2) is 37.3 Å². The molecule has 0 spiro atoms. The van der Waals surface area contributed by atoms with Gasteiger partial charge < -0.3 is 9.47 Å². The van der Waals surface area contributed by atoms with Crippen molar-refractivity contribution < 1.29 is 41.0 Å². The Morgan fingerprint density at radius 3 is 1.67 bits per heavy atom. The van der Waals surface area contributed by atoms with E-state index in [0.717, 1.165) is 39.5 Å². The first-order valence-corrected chi connectivity index (χ1v) is 9.15. The van der Waals surface area contributed by atoms with Gasteiger partial charge in [-0.2, -0.15) is 22.0 Å². The van der Waals surface area contributed by atoms with Crippen LogP contribution in [0.5, 0.6) is 0 Å². The molecule has 0 aromatic rings. The lowest BCUT2D eigenvalue weighted by atomic mass is 9.94. The average Bonchev–Trinajstić information content (AvgIpc) is 2.56. The molecule has 27 heavy (non-hydrogen) atoms. The van der Waals surface area contributed by atoms with Gasteiger partial charge in [-0.1, -0.05) is 51.9 Å². The summed E-state index contributed by atoms with van der Waals surface area (Å²) in [4.78, 5) is 23.6. The maximum absolute atomic E-state index is 12.8. The highest BCUT2D eigenvalue weighted by atomic mass is 19.4. The molecule has 0 fully saturated rings. The Morgan fingerprint density at radius 1 is 0.741 bits per heavy atom. The Hall–Kier alpha value is -1.41. The summed E-state index contributed by atoms with van der Waals surface area (Å²) in [5, 5.41) is 0. The molecule has 0 saturated heterocycles. The molecule has 0 aliphatic carbocycles. The number of halogens is 5. The van der Waals surface area contributed by atoms with Crippen LogP contribution in [0.3, 0.4) is 0 Å². The molecule has 0 bridgehead atoms. The highest BCUT2D eigenvalue weighted by Gasteiger charge is 2.59. The molecule has 0 aliphatic heterocycles. The van der Waals surface area contributed by atoms with Gasteiger partial charge in [0.15, 0.2) is 12.0 Å². The van der Waals surface area contributed by atoms with Gasteiger partial charge in [0, 0.05) is 0 Å². The number of esters is 2. The highest BCUT2D eigenvalue weighted by Crippen LogP contribution is 2.36. The molecule has 0 aliphatic rings. The van der Waals surface area contributed by atoms with Gasteiger partial charge in [0.1, 0.15) is 0 Å². The number of alkyl halides is 5. The molecule has 0 aromatic carbocycles. The third-order valence-corrected chi connectivity index (χ3v) is 4.05. The molecule has 0 heterocycles. The largest absolute Gasteiger partial charge is 0.465 e. The lowest BCUT2D eigenvalue weighted by molar-refractivity contribution is -0.294. The second-order valence-corrected chi connectivity index (χ2v) is 7.01. The van der Waals surface area contributed by atoms with Crippen LogP contribution in [0.15, 0.2) is 0 Å². The lowest BCUT2D eigenvalue weighted by Gasteiger charge is -2.24. The Labute approximate surface area is 156 Å². The first-order chi connectivity index (χ1) is 12.4. The molecule has 0 radical (unpaired) electrons. The fourth-order valence-corrected chi connectivity index (χ4v) is 2.08. The van der Waals surface area contributed by atoms with Gasteiger partial charge >= 0.3 is 24.0 Å². The molecular formula is C18H29F5O4. The second kappa shape index (κ2) is 11.4. The zero-order valence-corrected chi connectivity index (χ0v) is 16.1. The van der Waals surface area contributed by atoms with Crippen molar-refractivity contribution in [2.45, 2.75) is 84.2 Å². The molecule has 0 rings (SSSR count). The highest BCUT2D eigenvalue weighted by molar-refractivity contribution is 5.99. The van der Waals surface area contributed by atoms with E-state index in [4.69, 9.17) is 4.74 Å². The van der Waals surface area contributed by atoms with Crippen molar-refractivity contribution in [2.24, 2.45) is 5.41 Å². The van der Waals surface area contributed by atoms with E-state index in [2.05, 4.69) is 11.7 Å². The van der Waals surface area contributed by atoms with Crippen molar-refractivity contribution in [1.29, 1.82) is 0 Å². The van der Waals surface area contributed by atoms with Crippen LogP contribution in [-0.2, 0) is 19.1 Å². The van der Waals surface area contributed by atoms with Crippen molar-refractivity contribution in [1.82, 2.24) is 0 Å². The molecular weight excluding hydrogens is 375 g/mol. The first-order valence-electron chi connectivity index (χ1n) is 9.15. The summed E-state index contributed by atoms with van der Waals surface area (Å²) in [6, 6.07) is 0. The van der Waals surface area contributed by atoms with E-state index in [1.54, 1.807) is 0 Å². The minimum atomic E-state index is -5.84. The SMILES string of the molecule is CCCCCCCCCCOC(=O)C(C)(C)C(=O)OCC(F)(F)C(F)(F)F. The summed E-state index contributed by atoms with van der Waals surface area (Å²) in [5.41, 5.74) is -1.97. The van der Waals surface area contributed by atoms with Crippen LogP contribution >= 0.6 is 0 Å².